The summed E-state index contributed by atoms with van der Waals surface area (Å²) in [5, 5.41) is 3.07. The summed E-state index contributed by atoms with van der Waals surface area (Å²) in [5.74, 6) is 0. The van der Waals surface area contributed by atoms with E-state index in [0.717, 1.165) is 18.5 Å². The van der Waals surface area contributed by atoms with Crippen molar-refractivity contribution in [1.82, 2.24) is 9.78 Å². The molecule has 1 N–H and O–H groups in total. The first-order valence-electron chi connectivity index (χ1n) is 6.22. The van der Waals surface area contributed by atoms with Gasteiger partial charge in [-0.1, -0.05) is 30.3 Å². The van der Waals surface area contributed by atoms with Gasteiger partial charge in [-0.25, -0.2) is 0 Å². The molecule has 0 fully saturated rings. The quantitative estimate of drug-likeness (QED) is 0.888. The lowest BCUT2D eigenvalue weighted by Gasteiger charge is -2.02. The Kier molecular flexibility index (Phi) is 4.99. The minimum Gasteiger partial charge on any atom is -0.378 e. The molecule has 2 aromatic rings. The number of nitrogens with one attached hydrogen (secondary N) is 1. The molecule has 1 aromatic carbocycles. The van der Waals surface area contributed by atoms with Gasteiger partial charge >= 0.3 is 0 Å². The van der Waals surface area contributed by atoms with Crippen molar-refractivity contribution >= 4 is 15.9 Å². The van der Waals surface area contributed by atoms with E-state index >= 15 is 0 Å². The first kappa shape index (κ1) is 14.1. The van der Waals surface area contributed by atoms with Crippen LogP contribution in [0.15, 0.2) is 39.6 Å². The van der Waals surface area contributed by atoms with Crippen LogP contribution in [0.4, 0.5) is 0 Å². The third-order valence-electron chi connectivity index (χ3n) is 2.95. The van der Waals surface area contributed by atoms with Gasteiger partial charge in [0.2, 0.25) is 0 Å². The second-order valence-electron chi connectivity index (χ2n) is 4.38. The van der Waals surface area contributed by atoms with E-state index in [-0.39, 0.29) is 5.56 Å². The molecule has 0 saturated heterocycles. The summed E-state index contributed by atoms with van der Waals surface area (Å²) in [7, 11) is 1.61. The second kappa shape index (κ2) is 6.73. The normalized spacial score (nSPS) is 10.8. The summed E-state index contributed by atoms with van der Waals surface area (Å²) in [5.41, 5.74) is 2.05. The van der Waals surface area contributed by atoms with Crippen LogP contribution < -0.4 is 5.56 Å². The van der Waals surface area contributed by atoms with Crippen LogP contribution in [0.25, 0.3) is 0 Å². The van der Waals surface area contributed by atoms with E-state index in [4.69, 9.17) is 4.74 Å². The highest BCUT2D eigenvalue weighted by atomic mass is 79.9. The van der Waals surface area contributed by atoms with E-state index < -0.39 is 0 Å². The Morgan fingerprint density at radius 1 is 1.32 bits per heavy atom. The fourth-order valence-electron chi connectivity index (χ4n) is 1.99. The number of aromatic amines is 1. The largest absolute Gasteiger partial charge is 0.378 e. The molecule has 0 radical (unpaired) electrons. The van der Waals surface area contributed by atoms with E-state index in [1.54, 1.807) is 11.8 Å². The fraction of sp³-hybridized carbons (Fsp3) is 0.357. The number of hydrogen-bond donors (Lipinski definition) is 1. The first-order chi connectivity index (χ1) is 9.22. The third-order valence-corrected chi connectivity index (χ3v) is 3.76. The molecule has 5 heteroatoms. The molecule has 0 unspecified atom stereocenters. The Balaban J connectivity index is 1.96. The van der Waals surface area contributed by atoms with Crippen molar-refractivity contribution in [3.63, 3.8) is 0 Å². The van der Waals surface area contributed by atoms with E-state index in [9.17, 15) is 4.79 Å². The number of halogens is 1. The molecular weight excluding hydrogens is 308 g/mol. The number of benzene rings is 1. The molecule has 0 atom stereocenters. The molecule has 1 aromatic heterocycles. The Morgan fingerprint density at radius 3 is 2.74 bits per heavy atom. The maximum absolute atomic E-state index is 11.9. The number of ether oxygens (including phenoxy) is 1. The Hall–Kier alpha value is -1.33. The second-order valence-corrected chi connectivity index (χ2v) is 5.18. The SMILES string of the molecule is COCc1[nH]n(CCCc2ccccc2)c(=O)c1Br. The van der Waals surface area contributed by atoms with E-state index in [2.05, 4.69) is 33.2 Å². The smallest absolute Gasteiger partial charge is 0.281 e. The van der Waals surface area contributed by atoms with Crippen LogP contribution >= 0.6 is 15.9 Å². The highest BCUT2D eigenvalue weighted by Gasteiger charge is 2.10. The molecule has 0 aliphatic carbocycles. The van der Waals surface area contributed by atoms with Gasteiger partial charge in [0.25, 0.3) is 5.56 Å². The molecule has 0 amide bonds. The molecule has 19 heavy (non-hydrogen) atoms. The van der Waals surface area contributed by atoms with Crippen LogP contribution in [-0.4, -0.2) is 16.9 Å². The van der Waals surface area contributed by atoms with E-state index in [1.165, 1.54) is 5.56 Å². The number of methoxy groups -OCH3 is 1. The maximum atomic E-state index is 11.9. The number of rotatable bonds is 6. The predicted octanol–water partition coefficient (Wildman–Crippen LogP) is 2.72. The summed E-state index contributed by atoms with van der Waals surface area (Å²) >= 11 is 3.29. The van der Waals surface area contributed by atoms with Crippen LogP contribution in [0.2, 0.25) is 0 Å². The summed E-state index contributed by atoms with van der Waals surface area (Å²) in [6.45, 7) is 1.08. The van der Waals surface area contributed by atoms with Gasteiger partial charge in [0.1, 0.15) is 4.47 Å². The summed E-state index contributed by atoms with van der Waals surface area (Å²) in [6.07, 6.45) is 1.88. The van der Waals surface area contributed by atoms with Crippen LogP contribution in [-0.2, 0) is 24.3 Å². The molecule has 2 rings (SSSR count). The van der Waals surface area contributed by atoms with Gasteiger partial charge in [-0.05, 0) is 34.3 Å². The van der Waals surface area contributed by atoms with E-state index in [1.807, 2.05) is 18.2 Å². The van der Waals surface area contributed by atoms with Gasteiger partial charge < -0.3 is 4.74 Å². The first-order valence-corrected chi connectivity index (χ1v) is 7.01. The molecule has 4 nitrogen and oxygen atoms in total. The van der Waals surface area contributed by atoms with Crippen molar-refractivity contribution in [2.75, 3.05) is 7.11 Å². The Morgan fingerprint density at radius 2 is 2.05 bits per heavy atom. The van der Waals surface area contributed by atoms with Crippen molar-refractivity contribution in [1.29, 1.82) is 0 Å². The molecule has 0 aliphatic heterocycles. The lowest BCUT2D eigenvalue weighted by atomic mass is 10.1. The van der Waals surface area contributed by atoms with Gasteiger partial charge in [-0.15, -0.1) is 0 Å². The van der Waals surface area contributed by atoms with Crippen LogP contribution in [0, 0.1) is 0 Å². The zero-order valence-corrected chi connectivity index (χ0v) is 12.4. The number of aryl methyl sites for hydroxylation is 2. The fourth-order valence-corrected chi connectivity index (χ4v) is 2.41. The predicted molar refractivity (Wildman–Crippen MR) is 78.2 cm³/mol. The number of hydrogen-bond acceptors (Lipinski definition) is 2. The van der Waals surface area contributed by atoms with Crippen LogP contribution in [0.5, 0.6) is 0 Å². The van der Waals surface area contributed by atoms with Crippen LogP contribution in [0.3, 0.4) is 0 Å². The number of nitrogens with zero attached hydrogens (tertiary/aromatic N) is 1. The number of H-pyrrole nitrogens is 1. The zero-order valence-electron chi connectivity index (χ0n) is 10.9. The van der Waals surface area contributed by atoms with Gasteiger partial charge in [0, 0.05) is 13.7 Å². The van der Waals surface area contributed by atoms with Gasteiger partial charge in [-0.2, -0.15) is 0 Å². The molecule has 102 valence electrons. The van der Waals surface area contributed by atoms with Crippen molar-refractivity contribution in [2.45, 2.75) is 26.0 Å². The van der Waals surface area contributed by atoms with Gasteiger partial charge in [0.05, 0.1) is 12.3 Å². The van der Waals surface area contributed by atoms with Crippen molar-refractivity contribution < 1.29 is 4.74 Å². The minimum atomic E-state index is -0.0277. The van der Waals surface area contributed by atoms with Crippen molar-refractivity contribution in [3.8, 4) is 0 Å². The summed E-state index contributed by atoms with van der Waals surface area (Å²) < 4.78 is 7.23. The molecule has 0 aliphatic rings. The standard InChI is InChI=1S/C14H17BrN2O2/c1-19-10-12-13(15)14(18)17(16-12)9-5-8-11-6-3-2-4-7-11/h2-4,6-7,16H,5,8-10H2,1H3. The number of aromatic nitrogens is 2. The summed E-state index contributed by atoms with van der Waals surface area (Å²) in [6, 6.07) is 10.3. The summed E-state index contributed by atoms with van der Waals surface area (Å²) in [4.78, 5) is 11.9. The van der Waals surface area contributed by atoms with Crippen molar-refractivity contribution in [3.05, 3.63) is 56.4 Å². The molecule has 0 bridgehead atoms. The molecule has 0 spiro atoms. The topological polar surface area (TPSA) is 47.0 Å². The average Bonchev–Trinajstić information content (AvgIpc) is 2.69. The van der Waals surface area contributed by atoms with Gasteiger partial charge in [-0.3, -0.25) is 14.6 Å². The molecule has 0 saturated carbocycles. The van der Waals surface area contributed by atoms with Crippen LogP contribution in [0.1, 0.15) is 17.7 Å². The highest BCUT2D eigenvalue weighted by molar-refractivity contribution is 9.10. The third kappa shape index (κ3) is 3.58. The monoisotopic (exact) mass is 324 g/mol. The van der Waals surface area contributed by atoms with Crippen molar-refractivity contribution in [2.24, 2.45) is 0 Å². The average molecular weight is 325 g/mol. The lowest BCUT2D eigenvalue weighted by Crippen LogP contribution is -2.17. The minimum absolute atomic E-state index is 0.0277. The van der Waals surface area contributed by atoms with E-state index in [0.29, 0.717) is 17.6 Å². The molecular formula is C14H17BrN2O2. The lowest BCUT2D eigenvalue weighted by molar-refractivity contribution is 0.180. The Bertz CT molecular complexity index is 575. The molecule has 1 heterocycles. The highest BCUT2D eigenvalue weighted by Crippen LogP contribution is 2.11. The van der Waals surface area contributed by atoms with Gasteiger partial charge in [0.15, 0.2) is 0 Å². The zero-order chi connectivity index (χ0) is 13.7. The Labute approximate surface area is 120 Å². The maximum Gasteiger partial charge on any atom is 0.281 e.